The van der Waals surface area contributed by atoms with Gasteiger partial charge in [-0.15, -0.1) is 5.10 Å². The van der Waals surface area contributed by atoms with Gasteiger partial charge in [-0.05, 0) is 19.1 Å². The molecule has 2 heterocycles. The van der Waals surface area contributed by atoms with E-state index in [0.717, 1.165) is 26.4 Å². The molecule has 0 spiro atoms. The first-order chi connectivity index (χ1) is 10.1. The molecule has 0 aliphatic rings. The van der Waals surface area contributed by atoms with Crippen molar-refractivity contribution >= 4 is 28.5 Å². The van der Waals surface area contributed by atoms with Gasteiger partial charge in [0.15, 0.2) is 0 Å². The molecule has 3 rings (SSSR count). The number of hydrogen-bond donors (Lipinski definition) is 1. The maximum atomic E-state index is 11.0. The highest BCUT2D eigenvalue weighted by Gasteiger charge is 2.10. The number of nitrogens with zero attached hydrogens (tertiary/aromatic N) is 3. The molecule has 0 aliphatic carbocycles. The Labute approximate surface area is 125 Å². The van der Waals surface area contributed by atoms with Crippen molar-refractivity contribution in [3.63, 3.8) is 0 Å². The third kappa shape index (κ3) is 2.71. The Bertz CT molecular complexity index is 836. The van der Waals surface area contributed by atoms with Crippen LogP contribution in [0.25, 0.3) is 10.8 Å². The second kappa shape index (κ2) is 5.49. The first-order valence-electron chi connectivity index (χ1n) is 6.24. The minimum Gasteiger partial charge on any atom is -0.477 e. The van der Waals surface area contributed by atoms with E-state index < -0.39 is 5.97 Å². The number of carboxylic acids is 1. The molecule has 1 N–H and O–H groups in total. The van der Waals surface area contributed by atoms with E-state index in [1.165, 1.54) is 24.0 Å². The van der Waals surface area contributed by atoms with Gasteiger partial charge in [0.2, 0.25) is 0 Å². The summed E-state index contributed by atoms with van der Waals surface area (Å²) in [6, 6.07) is 11.2. The minimum atomic E-state index is -1.04. The Kier molecular flexibility index (Phi) is 3.53. The van der Waals surface area contributed by atoms with E-state index in [2.05, 4.69) is 15.2 Å². The van der Waals surface area contributed by atoms with Gasteiger partial charge in [-0.2, -0.15) is 5.10 Å². The van der Waals surface area contributed by atoms with Crippen LogP contribution >= 0.6 is 11.8 Å². The average Bonchev–Trinajstić information content (AvgIpc) is 2.51. The molecule has 0 atom stereocenters. The topological polar surface area (TPSA) is 76.0 Å². The van der Waals surface area contributed by atoms with Crippen LogP contribution in [0.5, 0.6) is 0 Å². The molecule has 3 aromatic rings. The third-order valence-corrected chi connectivity index (χ3v) is 3.99. The zero-order valence-electron chi connectivity index (χ0n) is 11.1. The second-order valence-corrected chi connectivity index (χ2v) is 5.48. The average molecular weight is 297 g/mol. The van der Waals surface area contributed by atoms with Crippen LogP contribution in [0.4, 0.5) is 0 Å². The summed E-state index contributed by atoms with van der Waals surface area (Å²) in [6.45, 7) is 1.92. The minimum absolute atomic E-state index is 0.0179. The lowest BCUT2D eigenvalue weighted by Gasteiger charge is -2.06. The Morgan fingerprint density at radius 1 is 1.14 bits per heavy atom. The zero-order chi connectivity index (χ0) is 14.8. The van der Waals surface area contributed by atoms with Crippen LogP contribution in [0.2, 0.25) is 0 Å². The third-order valence-electron chi connectivity index (χ3n) is 3.00. The molecule has 104 valence electrons. The number of carbonyl (C=O) groups is 1. The van der Waals surface area contributed by atoms with Gasteiger partial charge >= 0.3 is 5.97 Å². The molecule has 0 amide bonds. The normalized spacial score (nSPS) is 10.7. The Morgan fingerprint density at radius 3 is 2.67 bits per heavy atom. The number of benzene rings is 1. The quantitative estimate of drug-likeness (QED) is 0.800. The molecule has 0 aliphatic heterocycles. The summed E-state index contributed by atoms with van der Waals surface area (Å²) in [5.41, 5.74) is 0.889. The van der Waals surface area contributed by atoms with Crippen molar-refractivity contribution in [2.24, 2.45) is 0 Å². The lowest BCUT2D eigenvalue weighted by atomic mass is 10.1. The van der Waals surface area contributed by atoms with Crippen molar-refractivity contribution in [3.05, 3.63) is 54.0 Å². The monoisotopic (exact) mass is 297 g/mol. The molecule has 5 nitrogen and oxygen atoms in total. The lowest BCUT2D eigenvalue weighted by molar-refractivity contribution is 0.0690. The molecule has 2 aromatic heterocycles. The summed E-state index contributed by atoms with van der Waals surface area (Å²) >= 11 is 1.38. The maximum Gasteiger partial charge on any atom is 0.354 e. The highest BCUT2D eigenvalue weighted by Crippen LogP contribution is 2.32. The van der Waals surface area contributed by atoms with Crippen molar-refractivity contribution in [3.8, 4) is 0 Å². The Hall–Kier alpha value is -2.47. The Morgan fingerprint density at radius 2 is 1.90 bits per heavy atom. The van der Waals surface area contributed by atoms with Crippen LogP contribution in [0.1, 0.15) is 16.2 Å². The van der Waals surface area contributed by atoms with Crippen LogP contribution in [0.15, 0.2) is 52.5 Å². The highest BCUT2D eigenvalue weighted by atomic mass is 32.2. The summed E-state index contributed by atoms with van der Waals surface area (Å²) in [5.74, 6) is -1.04. The largest absolute Gasteiger partial charge is 0.477 e. The summed E-state index contributed by atoms with van der Waals surface area (Å²) < 4.78 is 0. The molecule has 0 radical (unpaired) electrons. The molecule has 0 fully saturated rings. The fourth-order valence-electron chi connectivity index (χ4n) is 1.99. The van der Waals surface area contributed by atoms with Crippen LogP contribution in [-0.4, -0.2) is 26.3 Å². The number of pyridine rings is 1. The molecule has 1 aromatic carbocycles. The molecular weight excluding hydrogens is 286 g/mol. The van der Waals surface area contributed by atoms with Gasteiger partial charge in [-0.25, -0.2) is 9.78 Å². The second-order valence-electron chi connectivity index (χ2n) is 4.42. The SMILES string of the molecule is Cc1nnc(Sc2ccnc(C(=O)O)c2)c2ccccc12. The van der Waals surface area contributed by atoms with Crippen molar-refractivity contribution in [2.75, 3.05) is 0 Å². The van der Waals surface area contributed by atoms with Crippen molar-refractivity contribution in [2.45, 2.75) is 16.8 Å². The van der Waals surface area contributed by atoms with Gasteiger partial charge in [-0.1, -0.05) is 36.0 Å². The number of aromatic nitrogens is 3. The number of fused-ring (bicyclic) bond motifs is 1. The van der Waals surface area contributed by atoms with Gasteiger partial charge in [-0.3, -0.25) is 0 Å². The fourth-order valence-corrected chi connectivity index (χ4v) is 2.88. The molecule has 21 heavy (non-hydrogen) atoms. The highest BCUT2D eigenvalue weighted by molar-refractivity contribution is 7.99. The standard InChI is InChI=1S/C15H11N3O2S/c1-9-11-4-2-3-5-12(11)14(18-17-9)21-10-6-7-16-13(8-10)15(19)20/h2-8H,1H3,(H,19,20). The van der Waals surface area contributed by atoms with Gasteiger partial charge in [0.1, 0.15) is 10.7 Å². The van der Waals surface area contributed by atoms with E-state index >= 15 is 0 Å². The van der Waals surface area contributed by atoms with E-state index in [1.807, 2.05) is 31.2 Å². The number of hydrogen-bond acceptors (Lipinski definition) is 5. The molecule has 0 bridgehead atoms. The van der Waals surface area contributed by atoms with Gasteiger partial charge in [0.25, 0.3) is 0 Å². The fraction of sp³-hybridized carbons (Fsp3) is 0.0667. The molecule has 0 saturated carbocycles. The number of carboxylic acid groups (broad SMARTS) is 1. The molecule has 6 heteroatoms. The predicted molar refractivity (Wildman–Crippen MR) is 79.6 cm³/mol. The smallest absolute Gasteiger partial charge is 0.354 e. The summed E-state index contributed by atoms with van der Waals surface area (Å²) in [6.07, 6.45) is 1.48. The summed E-state index contributed by atoms with van der Waals surface area (Å²) in [4.78, 5) is 15.5. The van der Waals surface area contributed by atoms with E-state index in [4.69, 9.17) is 5.11 Å². The first kappa shape index (κ1) is 13.5. The molecular formula is C15H11N3O2S. The Balaban J connectivity index is 2.04. The van der Waals surface area contributed by atoms with Crippen LogP contribution in [-0.2, 0) is 0 Å². The van der Waals surface area contributed by atoms with Crippen LogP contribution in [0.3, 0.4) is 0 Å². The molecule has 0 saturated heterocycles. The van der Waals surface area contributed by atoms with Crippen molar-refractivity contribution < 1.29 is 9.90 Å². The summed E-state index contributed by atoms with van der Waals surface area (Å²) in [5, 5.41) is 20.2. The van der Waals surface area contributed by atoms with Gasteiger partial charge < -0.3 is 5.11 Å². The van der Waals surface area contributed by atoms with E-state index in [9.17, 15) is 4.79 Å². The number of rotatable bonds is 3. The van der Waals surface area contributed by atoms with Gasteiger partial charge in [0, 0.05) is 21.9 Å². The number of aryl methyl sites for hydroxylation is 1. The van der Waals surface area contributed by atoms with E-state index in [0.29, 0.717) is 0 Å². The van der Waals surface area contributed by atoms with Crippen LogP contribution < -0.4 is 0 Å². The van der Waals surface area contributed by atoms with Crippen molar-refractivity contribution in [1.29, 1.82) is 0 Å². The van der Waals surface area contributed by atoms with Crippen LogP contribution in [0, 0.1) is 6.92 Å². The van der Waals surface area contributed by atoms with Crippen molar-refractivity contribution in [1.82, 2.24) is 15.2 Å². The summed E-state index contributed by atoms with van der Waals surface area (Å²) in [7, 11) is 0. The molecule has 0 unspecified atom stereocenters. The van der Waals surface area contributed by atoms with E-state index in [1.54, 1.807) is 6.07 Å². The first-order valence-corrected chi connectivity index (χ1v) is 7.06. The predicted octanol–water partition coefficient (Wildman–Crippen LogP) is 3.18. The van der Waals surface area contributed by atoms with Gasteiger partial charge in [0.05, 0.1) is 5.69 Å². The maximum absolute atomic E-state index is 11.0. The lowest BCUT2D eigenvalue weighted by Crippen LogP contribution is -1.99. The zero-order valence-corrected chi connectivity index (χ0v) is 12.0. The van der Waals surface area contributed by atoms with E-state index in [-0.39, 0.29) is 5.69 Å². The number of aromatic carboxylic acids is 1.